The molecular formula is C17H22N4O2. The van der Waals surface area contributed by atoms with E-state index in [2.05, 4.69) is 10.1 Å². The number of hydrogen-bond donors (Lipinski definition) is 0. The number of amides is 1. The molecule has 1 aliphatic heterocycles. The second-order valence-corrected chi connectivity index (χ2v) is 5.82. The predicted octanol–water partition coefficient (Wildman–Crippen LogP) is 2.04. The van der Waals surface area contributed by atoms with E-state index in [-0.39, 0.29) is 12.0 Å². The van der Waals surface area contributed by atoms with Crippen LogP contribution in [-0.4, -0.2) is 44.8 Å². The molecule has 2 aromatic heterocycles. The molecule has 1 saturated heterocycles. The molecule has 3 rings (SSSR count). The third kappa shape index (κ3) is 3.59. The van der Waals surface area contributed by atoms with Gasteiger partial charge in [-0.15, -0.1) is 0 Å². The highest BCUT2D eigenvalue weighted by Gasteiger charge is 2.29. The molecule has 0 aromatic carbocycles. The van der Waals surface area contributed by atoms with E-state index < -0.39 is 0 Å². The second-order valence-electron chi connectivity index (χ2n) is 5.82. The van der Waals surface area contributed by atoms with Gasteiger partial charge in [-0.3, -0.25) is 14.5 Å². The molecule has 6 nitrogen and oxygen atoms in total. The summed E-state index contributed by atoms with van der Waals surface area (Å²) >= 11 is 0. The molecule has 0 saturated carbocycles. The van der Waals surface area contributed by atoms with Crippen LogP contribution in [0.2, 0.25) is 0 Å². The summed E-state index contributed by atoms with van der Waals surface area (Å²) in [5.74, 6) is 0.0416. The van der Waals surface area contributed by atoms with Gasteiger partial charge in [0.15, 0.2) is 0 Å². The second kappa shape index (κ2) is 6.91. The lowest BCUT2D eigenvalue weighted by molar-refractivity contribution is 0.0433. The van der Waals surface area contributed by atoms with E-state index in [1.165, 1.54) is 0 Å². The molecule has 1 atom stereocenters. The Morgan fingerprint density at radius 2 is 2.35 bits per heavy atom. The van der Waals surface area contributed by atoms with Crippen molar-refractivity contribution in [2.45, 2.75) is 39.5 Å². The number of carbonyl (C=O) groups excluding carboxylic acids is 1. The van der Waals surface area contributed by atoms with Gasteiger partial charge in [-0.1, -0.05) is 6.07 Å². The minimum atomic E-state index is 0.0416. The Bertz CT molecular complexity index is 668. The third-order valence-electron chi connectivity index (χ3n) is 4.06. The summed E-state index contributed by atoms with van der Waals surface area (Å²) in [6.07, 6.45) is 4.50. The fourth-order valence-corrected chi connectivity index (χ4v) is 2.87. The number of carbonyl (C=O) groups is 1. The maximum absolute atomic E-state index is 12.7. The number of nitrogens with zero attached hydrogens (tertiary/aromatic N) is 4. The van der Waals surface area contributed by atoms with Crippen molar-refractivity contribution in [2.75, 3.05) is 13.1 Å². The summed E-state index contributed by atoms with van der Waals surface area (Å²) in [5.41, 5.74) is 2.59. The zero-order valence-corrected chi connectivity index (χ0v) is 13.6. The van der Waals surface area contributed by atoms with E-state index in [1.807, 2.05) is 36.9 Å². The quantitative estimate of drug-likeness (QED) is 0.847. The first-order valence-electron chi connectivity index (χ1n) is 8.01. The first-order valence-corrected chi connectivity index (χ1v) is 8.01. The van der Waals surface area contributed by atoms with Gasteiger partial charge in [-0.25, -0.2) is 0 Å². The molecule has 0 aliphatic carbocycles. The zero-order valence-electron chi connectivity index (χ0n) is 13.6. The number of ether oxygens (including phenoxy) is 1. The summed E-state index contributed by atoms with van der Waals surface area (Å²) in [4.78, 5) is 18.6. The summed E-state index contributed by atoms with van der Waals surface area (Å²) in [6, 6.07) is 5.75. The van der Waals surface area contributed by atoms with Gasteiger partial charge in [-0.05, 0) is 38.0 Å². The van der Waals surface area contributed by atoms with E-state index in [1.54, 1.807) is 17.1 Å². The number of aromatic nitrogens is 3. The van der Waals surface area contributed by atoms with Crippen LogP contribution in [0.4, 0.5) is 0 Å². The molecule has 2 aromatic rings. The Kier molecular flexibility index (Phi) is 4.71. The van der Waals surface area contributed by atoms with Crippen LogP contribution in [0.15, 0.2) is 30.6 Å². The normalized spacial score (nSPS) is 17.7. The van der Waals surface area contributed by atoms with Gasteiger partial charge < -0.3 is 9.64 Å². The van der Waals surface area contributed by atoms with Crippen LogP contribution >= 0.6 is 0 Å². The van der Waals surface area contributed by atoms with Gasteiger partial charge in [0.2, 0.25) is 0 Å². The number of likely N-dealkylation sites (tertiary alicyclic amines) is 1. The first-order chi connectivity index (χ1) is 11.2. The Balaban J connectivity index is 1.57. The predicted molar refractivity (Wildman–Crippen MR) is 86.0 cm³/mol. The third-order valence-corrected chi connectivity index (χ3v) is 4.06. The van der Waals surface area contributed by atoms with E-state index in [9.17, 15) is 4.79 Å². The summed E-state index contributed by atoms with van der Waals surface area (Å²) < 4.78 is 7.68. The lowest BCUT2D eigenvalue weighted by Crippen LogP contribution is -2.31. The lowest BCUT2D eigenvalue weighted by Gasteiger charge is -2.17. The molecule has 0 bridgehead atoms. The van der Waals surface area contributed by atoms with Gasteiger partial charge in [0, 0.05) is 32.0 Å². The fourth-order valence-electron chi connectivity index (χ4n) is 2.87. The number of hydrogen-bond acceptors (Lipinski definition) is 4. The van der Waals surface area contributed by atoms with Gasteiger partial charge in [0.1, 0.15) is 5.69 Å². The van der Waals surface area contributed by atoms with Crippen molar-refractivity contribution < 1.29 is 9.53 Å². The monoisotopic (exact) mass is 314 g/mol. The average molecular weight is 314 g/mol. The van der Waals surface area contributed by atoms with Crippen LogP contribution in [0.3, 0.4) is 0 Å². The van der Waals surface area contributed by atoms with E-state index in [4.69, 9.17) is 4.74 Å². The number of aryl methyl sites for hydroxylation is 2. The molecule has 0 radical (unpaired) electrons. The summed E-state index contributed by atoms with van der Waals surface area (Å²) in [6.45, 7) is 6.49. The van der Waals surface area contributed by atoms with Crippen molar-refractivity contribution in [2.24, 2.45) is 0 Å². The molecule has 1 amide bonds. The van der Waals surface area contributed by atoms with Crippen molar-refractivity contribution >= 4 is 5.91 Å². The largest absolute Gasteiger partial charge is 0.372 e. The standard InChI is InChI=1S/C17H22N4O2/c1-3-21-16(9-13(2)19-21)17(22)20-8-6-15(11-20)23-12-14-5-4-7-18-10-14/h4-5,7,9-10,15H,3,6,8,11-12H2,1-2H3/t15-/m1/s1. The summed E-state index contributed by atoms with van der Waals surface area (Å²) in [5, 5.41) is 4.35. The van der Waals surface area contributed by atoms with Gasteiger partial charge in [0.05, 0.1) is 18.4 Å². The van der Waals surface area contributed by atoms with E-state index in [0.29, 0.717) is 25.4 Å². The van der Waals surface area contributed by atoms with Crippen LogP contribution in [0, 0.1) is 6.92 Å². The van der Waals surface area contributed by atoms with Crippen LogP contribution in [-0.2, 0) is 17.9 Å². The first kappa shape index (κ1) is 15.7. The van der Waals surface area contributed by atoms with Crippen LogP contribution in [0.1, 0.15) is 35.1 Å². The topological polar surface area (TPSA) is 60.2 Å². The summed E-state index contributed by atoms with van der Waals surface area (Å²) in [7, 11) is 0. The lowest BCUT2D eigenvalue weighted by atomic mass is 10.3. The highest BCUT2D eigenvalue weighted by molar-refractivity contribution is 5.93. The molecule has 0 spiro atoms. The molecule has 0 N–H and O–H groups in total. The average Bonchev–Trinajstić information content (AvgIpc) is 3.19. The molecule has 122 valence electrons. The smallest absolute Gasteiger partial charge is 0.272 e. The molecule has 6 heteroatoms. The maximum Gasteiger partial charge on any atom is 0.272 e. The van der Waals surface area contributed by atoms with E-state index >= 15 is 0 Å². The Labute approximate surface area is 136 Å². The minimum absolute atomic E-state index is 0.0416. The maximum atomic E-state index is 12.7. The molecule has 1 fully saturated rings. The van der Waals surface area contributed by atoms with Crippen molar-refractivity contribution in [1.29, 1.82) is 0 Å². The minimum Gasteiger partial charge on any atom is -0.372 e. The highest BCUT2D eigenvalue weighted by Crippen LogP contribution is 2.18. The Morgan fingerprint density at radius 3 is 3.09 bits per heavy atom. The van der Waals surface area contributed by atoms with Gasteiger partial charge >= 0.3 is 0 Å². The molecule has 1 aliphatic rings. The molecular weight excluding hydrogens is 292 g/mol. The molecule has 0 unspecified atom stereocenters. The number of rotatable bonds is 5. The van der Waals surface area contributed by atoms with Crippen LogP contribution < -0.4 is 0 Å². The number of pyridine rings is 1. The van der Waals surface area contributed by atoms with Crippen LogP contribution in [0.5, 0.6) is 0 Å². The Morgan fingerprint density at radius 1 is 1.48 bits per heavy atom. The zero-order chi connectivity index (χ0) is 16.2. The highest BCUT2D eigenvalue weighted by atomic mass is 16.5. The SMILES string of the molecule is CCn1nc(C)cc1C(=O)N1CC[C@@H](OCc2cccnc2)C1. The van der Waals surface area contributed by atoms with E-state index in [0.717, 1.165) is 24.2 Å². The Hall–Kier alpha value is -2.21. The van der Waals surface area contributed by atoms with Crippen molar-refractivity contribution in [3.8, 4) is 0 Å². The van der Waals surface area contributed by atoms with Gasteiger partial charge in [-0.2, -0.15) is 5.10 Å². The van der Waals surface area contributed by atoms with Crippen molar-refractivity contribution in [1.82, 2.24) is 19.7 Å². The van der Waals surface area contributed by atoms with Crippen molar-refractivity contribution in [3.05, 3.63) is 47.5 Å². The molecule has 23 heavy (non-hydrogen) atoms. The molecule has 3 heterocycles. The van der Waals surface area contributed by atoms with Crippen LogP contribution in [0.25, 0.3) is 0 Å². The fraction of sp³-hybridized carbons (Fsp3) is 0.471. The van der Waals surface area contributed by atoms with Crippen molar-refractivity contribution in [3.63, 3.8) is 0 Å². The van der Waals surface area contributed by atoms with Gasteiger partial charge in [0.25, 0.3) is 5.91 Å².